The van der Waals surface area contributed by atoms with Crippen LogP contribution in [0.5, 0.6) is 0 Å². The molecule has 0 atom stereocenters. The Labute approximate surface area is 351 Å². The Morgan fingerprint density at radius 2 is 0.966 bits per heavy atom. The van der Waals surface area contributed by atoms with Gasteiger partial charge in [-0.25, -0.2) is 0 Å². The van der Waals surface area contributed by atoms with Crippen LogP contribution >= 0.6 is 0 Å². The molecule has 6 aliphatic rings. The van der Waals surface area contributed by atoms with Crippen molar-refractivity contribution in [2.45, 2.75) is 88.9 Å². The Balaban J connectivity index is 0.990. The molecule has 4 saturated carbocycles. The van der Waals surface area contributed by atoms with Crippen LogP contribution in [0.3, 0.4) is 0 Å². The molecule has 0 heterocycles. The number of hydrogen-bond acceptors (Lipinski definition) is 1. The molecule has 0 amide bonds. The fourth-order valence-corrected chi connectivity index (χ4v) is 13.6. The van der Waals surface area contributed by atoms with E-state index in [-0.39, 0.29) is 16.2 Å². The van der Waals surface area contributed by atoms with Crippen LogP contribution in [0.25, 0.3) is 44.2 Å². The average molecular weight is 766 g/mol. The highest BCUT2D eigenvalue weighted by Gasteiger charge is 2.61. The molecule has 59 heavy (non-hydrogen) atoms. The third-order valence-electron chi connectivity index (χ3n) is 16.3. The summed E-state index contributed by atoms with van der Waals surface area (Å²) in [6.07, 6.45) is 9.49. The van der Waals surface area contributed by atoms with Gasteiger partial charge in [0, 0.05) is 22.5 Å². The normalized spacial score (nSPS) is 25.2. The van der Waals surface area contributed by atoms with Gasteiger partial charge in [-0.15, -0.1) is 0 Å². The van der Waals surface area contributed by atoms with Gasteiger partial charge in [0.05, 0.1) is 0 Å². The maximum atomic E-state index is 2.64. The number of benzene rings is 7. The molecule has 0 saturated heterocycles. The summed E-state index contributed by atoms with van der Waals surface area (Å²) in [4.78, 5) is 2.53. The van der Waals surface area contributed by atoms with Gasteiger partial charge in [0.2, 0.25) is 0 Å². The van der Waals surface area contributed by atoms with Crippen LogP contribution in [-0.2, 0) is 16.2 Å². The molecule has 0 radical (unpaired) electrons. The monoisotopic (exact) mass is 765 g/mol. The van der Waals surface area contributed by atoms with E-state index >= 15 is 0 Å². The molecular weight excluding hydrogens is 711 g/mol. The van der Waals surface area contributed by atoms with Gasteiger partial charge in [-0.2, -0.15) is 0 Å². The molecule has 13 rings (SSSR count). The first kappa shape index (κ1) is 35.5. The SMILES string of the molecule is CC1(C)CCC(C)(C)c2cc(-c3ccc(N(c4ccc(-c5cccc6ccccc56)cc4)c4ccc5c(c4)C4(c6ccccc6-5)C5CC6CC(C5)CC4C6)cc3)ccc21. The Kier molecular flexibility index (Phi) is 7.71. The first-order chi connectivity index (χ1) is 28.7. The van der Waals surface area contributed by atoms with E-state index in [1.165, 1.54) is 117 Å². The minimum atomic E-state index is 0.123. The molecular formula is C58H55N. The van der Waals surface area contributed by atoms with Crippen LogP contribution in [0, 0.1) is 23.7 Å². The Hall–Kier alpha value is -5.40. The van der Waals surface area contributed by atoms with Gasteiger partial charge in [-0.3, -0.25) is 0 Å². The van der Waals surface area contributed by atoms with Crippen molar-refractivity contribution in [3.63, 3.8) is 0 Å². The molecule has 0 N–H and O–H groups in total. The zero-order chi connectivity index (χ0) is 39.7. The second kappa shape index (κ2) is 12.8. The fraction of sp³-hybridized carbons (Fsp3) is 0.310. The van der Waals surface area contributed by atoms with Crippen molar-refractivity contribution >= 4 is 27.8 Å². The lowest BCUT2D eigenvalue weighted by Crippen LogP contribution is -2.55. The minimum Gasteiger partial charge on any atom is -0.310 e. The van der Waals surface area contributed by atoms with Crippen LogP contribution in [0.4, 0.5) is 17.1 Å². The van der Waals surface area contributed by atoms with Crippen molar-refractivity contribution in [2.75, 3.05) is 4.90 Å². The number of hydrogen-bond donors (Lipinski definition) is 0. The second-order valence-corrected chi connectivity index (χ2v) is 20.4. The largest absolute Gasteiger partial charge is 0.310 e. The van der Waals surface area contributed by atoms with Crippen molar-refractivity contribution in [1.29, 1.82) is 0 Å². The van der Waals surface area contributed by atoms with Crippen molar-refractivity contribution in [2.24, 2.45) is 23.7 Å². The highest BCUT2D eigenvalue weighted by Crippen LogP contribution is 2.69. The highest BCUT2D eigenvalue weighted by molar-refractivity contribution is 5.97. The van der Waals surface area contributed by atoms with Gasteiger partial charge in [-0.05, 0) is 182 Å². The molecule has 292 valence electrons. The lowest BCUT2D eigenvalue weighted by Gasteiger charge is -2.61. The zero-order valence-corrected chi connectivity index (χ0v) is 35.1. The maximum Gasteiger partial charge on any atom is 0.0465 e. The molecule has 7 aromatic carbocycles. The molecule has 4 bridgehead atoms. The van der Waals surface area contributed by atoms with E-state index in [0.717, 1.165) is 23.7 Å². The van der Waals surface area contributed by atoms with Crippen molar-refractivity contribution in [1.82, 2.24) is 0 Å². The van der Waals surface area contributed by atoms with Gasteiger partial charge in [0.15, 0.2) is 0 Å². The molecule has 7 aromatic rings. The van der Waals surface area contributed by atoms with Gasteiger partial charge in [0.1, 0.15) is 0 Å². The Bertz CT molecular complexity index is 2750. The predicted molar refractivity (Wildman–Crippen MR) is 248 cm³/mol. The van der Waals surface area contributed by atoms with Crippen molar-refractivity contribution in [3.05, 3.63) is 174 Å². The number of nitrogens with zero attached hydrogens (tertiary/aromatic N) is 1. The van der Waals surface area contributed by atoms with Crippen LogP contribution in [0.1, 0.15) is 94.9 Å². The van der Waals surface area contributed by atoms with E-state index < -0.39 is 0 Å². The zero-order valence-electron chi connectivity index (χ0n) is 35.1. The van der Waals surface area contributed by atoms with Crippen LogP contribution < -0.4 is 4.90 Å². The Morgan fingerprint density at radius 3 is 1.69 bits per heavy atom. The molecule has 0 aliphatic heterocycles. The molecule has 1 nitrogen and oxygen atoms in total. The van der Waals surface area contributed by atoms with Crippen LogP contribution in [-0.4, -0.2) is 0 Å². The van der Waals surface area contributed by atoms with E-state index in [9.17, 15) is 0 Å². The van der Waals surface area contributed by atoms with Gasteiger partial charge < -0.3 is 4.90 Å². The number of rotatable bonds is 5. The highest BCUT2D eigenvalue weighted by atomic mass is 15.1. The summed E-state index contributed by atoms with van der Waals surface area (Å²) in [7, 11) is 0. The molecule has 1 heteroatoms. The smallest absolute Gasteiger partial charge is 0.0465 e. The summed E-state index contributed by atoms with van der Waals surface area (Å²) >= 11 is 0. The third kappa shape index (κ3) is 5.29. The van der Waals surface area contributed by atoms with Gasteiger partial charge in [0.25, 0.3) is 0 Å². The molecule has 1 spiro atoms. The summed E-state index contributed by atoms with van der Waals surface area (Å²) in [6.45, 7) is 9.70. The molecule has 0 unspecified atom stereocenters. The van der Waals surface area contributed by atoms with E-state index in [4.69, 9.17) is 0 Å². The number of anilines is 3. The lowest BCUT2D eigenvalue weighted by molar-refractivity contribution is -0.0399. The molecule has 4 fully saturated rings. The lowest BCUT2D eigenvalue weighted by atomic mass is 9.43. The second-order valence-electron chi connectivity index (χ2n) is 20.4. The van der Waals surface area contributed by atoms with Crippen LogP contribution in [0.2, 0.25) is 0 Å². The summed E-state index contributed by atoms with van der Waals surface area (Å²) in [6, 6.07) is 58.5. The topological polar surface area (TPSA) is 3.24 Å². The van der Waals surface area contributed by atoms with Crippen LogP contribution in [0.15, 0.2) is 152 Å². The maximum absolute atomic E-state index is 2.64. The first-order valence-electron chi connectivity index (χ1n) is 22.6. The first-order valence-corrected chi connectivity index (χ1v) is 22.6. The van der Waals surface area contributed by atoms with E-state index in [1.807, 2.05) is 0 Å². The van der Waals surface area contributed by atoms with Gasteiger partial charge in [-0.1, -0.05) is 143 Å². The van der Waals surface area contributed by atoms with E-state index in [0.29, 0.717) is 0 Å². The Morgan fingerprint density at radius 1 is 0.407 bits per heavy atom. The summed E-state index contributed by atoms with van der Waals surface area (Å²) in [5.74, 6) is 3.31. The predicted octanol–water partition coefficient (Wildman–Crippen LogP) is 15.7. The standard InChI is InChI=1S/C58H55N/c1-56(2)28-29-57(3,4)55-35-42(20-27-53(55)56)39-16-21-45(22-17-39)59(46-23-18-41(19-24-46)49-14-9-11-40-10-5-6-12-48(40)49)47-25-26-51-50-13-7-8-15-52(50)58(54(51)36-47)43-31-37-30-38(33-43)34-44(58)32-37/h5-27,35-38,43-44H,28-34H2,1-4H3. The third-order valence-corrected chi connectivity index (χ3v) is 16.3. The molecule has 6 aliphatic carbocycles. The van der Waals surface area contributed by atoms with E-state index in [1.54, 1.807) is 11.1 Å². The quantitative estimate of drug-likeness (QED) is 0.169. The van der Waals surface area contributed by atoms with E-state index in [2.05, 4.69) is 184 Å². The fourth-order valence-electron chi connectivity index (χ4n) is 13.6. The summed E-state index contributed by atoms with van der Waals surface area (Å²) < 4.78 is 0. The van der Waals surface area contributed by atoms with Gasteiger partial charge >= 0.3 is 0 Å². The number of fused-ring (bicyclic) bond motifs is 5. The summed E-state index contributed by atoms with van der Waals surface area (Å²) in [5.41, 5.74) is 18.5. The average Bonchev–Trinajstić information content (AvgIpc) is 3.54. The molecule has 0 aromatic heterocycles. The minimum absolute atomic E-state index is 0.123. The van der Waals surface area contributed by atoms with Crippen molar-refractivity contribution in [3.8, 4) is 33.4 Å². The van der Waals surface area contributed by atoms with Crippen molar-refractivity contribution < 1.29 is 0 Å². The summed E-state index contributed by atoms with van der Waals surface area (Å²) in [5, 5.41) is 2.57.